The number of benzene rings is 1. The van der Waals surface area contributed by atoms with E-state index in [1.807, 2.05) is 0 Å². The average molecular weight is 539 g/mol. The van der Waals surface area contributed by atoms with Gasteiger partial charge in [-0.05, 0) is 49.8 Å². The number of amides is 3. The minimum absolute atomic E-state index is 0.00829. The zero-order valence-corrected chi connectivity index (χ0v) is 22.4. The first kappa shape index (κ1) is 27.8. The molecule has 3 amide bonds. The molecule has 2 aliphatic heterocycles. The van der Waals surface area contributed by atoms with Gasteiger partial charge in [-0.25, -0.2) is 9.37 Å². The van der Waals surface area contributed by atoms with E-state index in [0.717, 1.165) is 4.90 Å². The molecular formula is C27H31FN6O5. The number of halogens is 1. The normalized spacial score (nSPS) is 21.3. The standard InChI is InChI=1S/C27H31FN6O5/c1-16-13-17(5-6-18(16)28)14-30-21(36)19-20(35)22(37)34-15-26(11-12-29)7-9-27(10-8-26,25(34)31-19)33(4)24(39)23(38)32(2)3/h5-6,13,35H,7-11,14-15H2,1-4H3,(H,30,36). The van der Waals surface area contributed by atoms with Crippen LogP contribution in [0.25, 0.3) is 0 Å². The smallest absolute Gasteiger partial charge is 0.312 e. The van der Waals surface area contributed by atoms with Crippen LogP contribution in [0.3, 0.4) is 0 Å². The van der Waals surface area contributed by atoms with Crippen molar-refractivity contribution < 1.29 is 23.9 Å². The van der Waals surface area contributed by atoms with E-state index in [2.05, 4.69) is 16.4 Å². The molecule has 206 valence electrons. The SMILES string of the molecule is Cc1cc(CNC(=O)c2nc3n(c(=O)c2O)CC2(CC#N)CCC3(N(C)C(=O)C(=O)N(C)C)CC2)ccc1F. The minimum atomic E-state index is -1.21. The van der Waals surface area contributed by atoms with E-state index in [0.29, 0.717) is 36.8 Å². The summed E-state index contributed by atoms with van der Waals surface area (Å²) in [7, 11) is 4.38. The fraction of sp³-hybridized carbons (Fsp3) is 0.481. The number of likely N-dealkylation sites (N-methyl/N-ethyl adjacent to an activating group) is 2. The molecule has 39 heavy (non-hydrogen) atoms. The third-order valence-corrected chi connectivity index (χ3v) is 8.07. The van der Waals surface area contributed by atoms with Gasteiger partial charge in [0.15, 0.2) is 5.69 Å². The molecule has 2 N–H and O–H groups in total. The van der Waals surface area contributed by atoms with E-state index >= 15 is 0 Å². The van der Waals surface area contributed by atoms with Crippen molar-refractivity contribution in [3.8, 4) is 11.8 Å². The van der Waals surface area contributed by atoms with Crippen molar-refractivity contribution in [3.63, 3.8) is 0 Å². The summed E-state index contributed by atoms with van der Waals surface area (Å²) < 4.78 is 14.9. The van der Waals surface area contributed by atoms with Gasteiger partial charge in [-0.2, -0.15) is 5.26 Å². The molecule has 3 aliphatic rings. The molecule has 12 heteroatoms. The van der Waals surface area contributed by atoms with Gasteiger partial charge in [0.2, 0.25) is 5.75 Å². The third-order valence-electron chi connectivity index (χ3n) is 8.07. The van der Waals surface area contributed by atoms with Crippen molar-refractivity contribution in [1.29, 1.82) is 5.26 Å². The molecule has 0 unspecified atom stereocenters. The maximum Gasteiger partial charge on any atom is 0.312 e. The average Bonchev–Trinajstić information content (AvgIpc) is 3.14. The summed E-state index contributed by atoms with van der Waals surface area (Å²) in [6.07, 6.45) is 1.73. The van der Waals surface area contributed by atoms with Crippen molar-refractivity contribution in [2.75, 3.05) is 21.1 Å². The number of hydrogen-bond donors (Lipinski definition) is 2. The first-order valence-corrected chi connectivity index (χ1v) is 12.6. The Labute approximate surface area is 224 Å². The Hall–Kier alpha value is -4.27. The van der Waals surface area contributed by atoms with Crippen LogP contribution in [0.4, 0.5) is 4.39 Å². The lowest BCUT2D eigenvalue weighted by molar-refractivity contribution is -0.155. The second-order valence-corrected chi connectivity index (χ2v) is 10.7. The molecule has 2 bridgehead atoms. The summed E-state index contributed by atoms with van der Waals surface area (Å²) in [5.41, 5.74) is -2.17. The van der Waals surface area contributed by atoms with Crippen LogP contribution in [0.15, 0.2) is 23.0 Å². The molecule has 0 radical (unpaired) electrons. The van der Waals surface area contributed by atoms with Gasteiger partial charge in [-0.1, -0.05) is 12.1 Å². The van der Waals surface area contributed by atoms with Gasteiger partial charge in [-0.15, -0.1) is 0 Å². The number of carbonyl (C=O) groups excluding carboxylic acids is 3. The lowest BCUT2D eigenvalue weighted by Gasteiger charge is -2.45. The molecule has 0 spiro atoms. The lowest BCUT2D eigenvalue weighted by atomic mass is 9.66. The van der Waals surface area contributed by atoms with Crippen LogP contribution in [0, 0.1) is 29.5 Å². The summed E-state index contributed by atoms with van der Waals surface area (Å²) in [5.74, 6) is -3.54. The number of aromatic nitrogens is 2. The quantitative estimate of drug-likeness (QED) is 0.549. The first-order chi connectivity index (χ1) is 18.4. The second kappa shape index (κ2) is 10.1. The van der Waals surface area contributed by atoms with E-state index in [1.54, 1.807) is 13.0 Å². The molecule has 1 aromatic heterocycles. The van der Waals surface area contributed by atoms with Gasteiger partial charge < -0.3 is 20.2 Å². The van der Waals surface area contributed by atoms with Crippen molar-refractivity contribution >= 4 is 17.7 Å². The van der Waals surface area contributed by atoms with Gasteiger partial charge in [0, 0.05) is 46.1 Å². The van der Waals surface area contributed by atoms with E-state index in [4.69, 9.17) is 0 Å². The third kappa shape index (κ3) is 4.73. The van der Waals surface area contributed by atoms with Crippen LogP contribution < -0.4 is 10.9 Å². The zero-order chi connectivity index (χ0) is 28.7. The number of aryl methyl sites for hydroxylation is 1. The Morgan fingerprint density at radius 2 is 1.85 bits per heavy atom. The predicted octanol–water partition coefficient (Wildman–Crippen LogP) is 1.56. The highest BCUT2D eigenvalue weighted by atomic mass is 19.1. The molecule has 2 aromatic rings. The molecule has 11 nitrogen and oxygen atoms in total. The first-order valence-electron chi connectivity index (χ1n) is 12.6. The van der Waals surface area contributed by atoms with Crippen LogP contribution in [-0.2, 0) is 28.2 Å². The van der Waals surface area contributed by atoms with Crippen molar-refractivity contribution in [1.82, 2.24) is 24.7 Å². The maximum atomic E-state index is 13.6. The lowest BCUT2D eigenvalue weighted by Crippen LogP contribution is -2.54. The number of nitrogens with one attached hydrogen (secondary N) is 1. The Bertz CT molecular complexity index is 1450. The number of aromatic hydroxyl groups is 1. The molecule has 5 rings (SSSR count). The maximum absolute atomic E-state index is 13.6. The second-order valence-electron chi connectivity index (χ2n) is 10.7. The van der Waals surface area contributed by atoms with E-state index < -0.39 is 45.7 Å². The Balaban J connectivity index is 1.80. The monoisotopic (exact) mass is 538 g/mol. The van der Waals surface area contributed by atoms with Crippen molar-refractivity contribution in [3.05, 3.63) is 57.0 Å². The Morgan fingerprint density at radius 3 is 2.44 bits per heavy atom. The number of nitrogens with zero attached hydrogens (tertiary/aromatic N) is 5. The van der Waals surface area contributed by atoms with E-state index in [1.165, 1.54) is 42.7 Å². The molecule has 1 aromatic carbocycles. The molecule has 3 heterocycles. The summed E-state index contributed by atoms with van der Waals surface area (Å²) in [6, 6.07) is 6.54. The van der Waals surface area contributed by atoms with Crippen molar-refractivity contribution in [2.45, 2.75) is 57.7 Å². The summed E-state index contributed by atoms with van der Waals surface area (Å²) in [6.45, 7) is 1.66. The molecule has 1 fully saturated rings. The molecule has 1 saturated carbocycles. The Kier molecular flexibility index (Phi) is 7.21. The highest BCUT2D eigenvalue weighted by Gasteiger charge is 2.54. The van der Waals surface area contributed by atoms with Gasteiger partial charge in [0.1, 0.15) is 17.2 Å². The van der Waals surface area contributed by atoms with Crippen molar-refractivity contribution in [2.24, 2.45) is 5.41 Å². The summed E-state index contributed by atoms with van der Waals surface area (Å²) in [5, 5.41) is 22.9. The predicted molar refractivity (Wildman–Crippen MR) is 137 cm³/mol. The topological polar surface area (TPSA) is 149 Å². The van der Waals surface area contributed by atoms with Crippen LogP contribution in [0.1, 0.15) is 59.5 Å². The summed E-state index contributed by atoms with van der Waals surface area (Å²) in [4.78, 5) is 59.3. The highest BCUT2D eigenvalue weighted by Crippen LogP contribution is 2.53. The van der Waals surface area contributed by atoms with Gasteiger partial charge in [0.05, 0.1) is 6.07 Å². The van der Waals surface area contributed by atoms with Crippen LogP contribution in [0.2, 0.25) is 0 Å². The Morgan fingerprint density at radius 1 is 1.18 bits per heavy atom. The van der Waals surface area contributed by atoms with Crippen LogP contribution in [0.5, 0.6) is 5.75 Å². The molecular weight excluding hydrogens is 507 g/mol. The number of nitriles is 1. The number of rotatable bonds is 5. The minimum Gasteiger partial charge on any atom is -0.501 e. The van der Waals surface area contributed by atoms with Gasteiger partial charge in [0.25, 0.3) is 11.5 Å². The van der Waals surface area contributed by atoms with Gasteiger partial charge >= 0.3 is 11.8 Å². The number of fused-ring (bicyclic) bond motifs is 2. The summed E-state index contributed by atoms with van der Waals surface area (Å²) >= 11 is 0. The molecule has 1 aliphatic carbocycles. The molecule has 0 atom stereocenters. The van der Waals surface area contributed by atoms with E-state index in [-0.39, 0.29) is 31.2 Å². The fourth-order valence-corrected chi connectivity index (χ4v) is 5.61. The fourth-order valence-electron chi connectivity index (χ4n) is 5.61. The largest absolute Gasteiger partial charge is 0.501 e. The van der Waals surface area contributed by atoms with Crippen LogP contribution >= 0.6 is 0 Å². The number of hydrogen-bond acceptors (Lipinski definition) is 7. The van der Waals surface area contributed by atoms with E-state index in [9.17, 15) is 33.9 Å². The highest BCUT2D eigenvalue weighted by molar-refractivity contribution is 6.34. The molecule has 0 saturated heterocycles. The number of carbonyl (C=O) groups is 3. The van der Waals surface area contributed by atoms with Crippen LogP contribution in [-0.4, -0.2) is 63.3 Å². The van der Waals surface area contributed by atoms with Gasteiger partial charge in [-0.3, -0.25) is 23.7 Å². The zero-order valence-electron chi connectivity index (χ0n) is 22.4.